The Hall–Kier alpha value is -1.32. The van der Waals surface area contributed by atoms with E-state index in [0.29, 0.717) is 28.9 Å². The third-order valence-corrected chi connectivity index (χ3v) is 5.88. The SMILES string of the molecule is CC1=C(C(=O)N2CC(C)CC(C)C2)C2(CCC(C)CC2)OC1=O. The van der Waals surface area contributed by atoms with Crippen LogP contribution in [0.4, 0.5) is 0 Å². The molecule has 0 aromatic carbocycles. The number of esters is 1. The van der Waals surface area contributed by atoms with E-state index >= 15 is 0 Å². The van der Waals surface area contributed by atoms with Crippen LogP contribution in [0.5, 0.6) is 0 Å². The van der Waals surface area contributed by atoms with Crippen LogP contribution in [0.1, 0.15) is 59.8 Å². The number of likely N-dealkylation sites (tertiary alicyclic amines) is 1. The molecule has 128 valence electrons. The van der Waals surface area contributed by atoms with Gasteiger partial charge in [-0.2, -0.15) is 0 Å². The Balaban J connectivity index is 1.88. The third-order valence-electron chi connectivity index (χ3n) is 5.88. The van der Waals surface area contributed by atoms with Gasteiger partial charge in [0.15, 0.2) is 0 Å². The molecule has 2 atom stereocenters. The lowest BCUT2D eigenvalue weighted by Crippen LogP contribution is -2.48. The largest absolute Gasteiger partial charge is 0.451 e. The first-order chi connectivity index (χ1) is 10.8. The smallest absolute Gasteiger partial charge is 0.335 e. The lowest BCUT2D eigenvalue weighted by molar-refractivity contribution is -0.151. The van der Waals surface area contributed by atoms with E-state index in [1.165, 1.54) is 6.42 Å². The van der Waals surface area contributed by atoms with Crippen LogP contribution in [0, 0.1) is 17.8 Å². The number of ether oxygens (including phenoxy) is 1. The molecule has 1 amide bonds. The van der Waals surface area contributed by atoms with Crippen LogP contribution in [-0.4, -0.2) is 35.5 Å². The predicted octanol–water partition coefficient (Wildman–Crippen LogP) is 3.31. The second-order valence-corrected chi connectivity index (χ2v) is 8.22. The minimum absolute atomic E-state index is 0.0429. The third kappa shape index (κ3) is 2.92. The second-order valence-electron chi connectivity index (χ2n) is 8.22. The molecule has 3 rings (SSSR count). The highest BCUT2D eigenvalue weighted by Crippen LogP contribution is 2.46. The number of carbonyl (C=O) groups excluding carboxylic acids is 2. The van der Waals surface area contributed by atoms with Crippen molar-refractivity contribution in [1.29, 1.82) is 0 Å². The molecule has 23 heavy (non-hydrogen) atoms. The molecule has 4 heteroatoms. The van der Waals surface area contributed by atoms with Crippen molar-refractivity contribution in [2.45, 2.75) is 65.4 Å². The van der Waals surface area contributed by atoms with Crippen LogP contribution in [-0.2, 0) is 14.3 Å². The minimum atomic E-state index is -0.644. The van der Waals surface area contributed by atoms with Crippen molar-refractivity contribution in [3.8, 4) is 0 Å². The van der Waals surface area contributed by atoms with E-state index in [0.717, 1.165) is 38.8 Å². The van der Waals surface area contributed by atoms with Gasteiger partial charge in [-0.3, -0.25) is 4.79 Å². The minimum Gasteiger partial charge on any atom is -0.451 e. The Labute approximate surface area is 139 Å². The van der Waals surface area contributed by atoms with Gasteiger partial charge in [0.05, 0.1) is 5.57 Å². The van der Waals surface area contributed by atoms with Gasteiger partial charge in [0, 0.05) is 18.7 Å². The molecular formula is C19H29NO3. The maximum atomic E-state index is 13.2. The van der Waals surface area contributed by atoms with Crippen LogP contribution in [0.2, 0.25) is 0 Å². The molecule has 0 aromatic heterocycles. The summed E-state index contributed by atoms with van der Waals surface area (Å²) in [5.74, 6) is 1.43. The monoisotopic (exact) mass is 319 g/mol. The van der Waals surface area contributed by atoms with Gasteiger partial charge in [-0.05, 0) is 56.8 Å². The predicted molar refractivity (Wildman–Crippen MR) is 88.7 cm³/mol. The summed E-state index contributed by atoms with van der Waals surface area (Å²) in [6, 6.07) is 0. The van der Waals surface area contributed by atoms with E-state index in [9.17, 15) is 9.59 Å². The standard InChI is InChI=1S/C19H29NO3/c1-12-5-7-19(8-6-12)16(15(4)18(22)23-19)17(21)20-10-13(2)9-14(3)11-20/h12-14H,5-11H2,1-4H3. The van der Waals surface area contributed by atoms with Gasteiger partial charge in [0.25, 0.3) is 5.91 Å². The summed E-state index contributed by atoms with van der Waals surface area (Å²) in [6.45, 7) is 9.98. The Morgan fingerprint density at radius 1 is 1.09 bits per heavy atom. The fourth-order valence-electron chi connectivity index (χ4n) is 4.67. The van der Waals surface area contributed by atoms with Crippen LogP contribution in [0.25, 0.3) is 0 Å². The summed E-state index contributed by atoms with van der Waals surface area (Å²) in [4.78, 5) is 27.4. The molecule has 1 aliphatic carbocycles. The number of carbonyl (C=O) groups is 2. The molecule has 2 heterocycles. The normalized spacial score (nSPS) is 38.2. The van der Waals surface area contributed by atoms with Crippen molar-refractivity contribution in [3.63, 3.8) is 0 Å². The molecule has 0 radical (unpaired) electrons. The summed E-state index contributed by atoms with van der Waals surface area (Å²) in [5.41, 5.74) is 0.556. The van der Waals surface area contributed by atoms with Gasteiger partial charge < -0.3 is 9.64 Å². The summed E-state index contributed by atoms with van der Waals surface area (Å²) >= 11 is 0. The molecular weight excluding hydrogens is 290 g/mol. The second kappa shape index (κ2) is 5.95. The molecule has 0 aromatic rings. The van der Waals surface area contributed by atoms with Crippen molar-refractivity contribution in [2.24, 2.45) is 17.8 Å². The summed E-state index contributed by atoms with van der Waals surface area (Å²) < 4.78 is 5.77. The van der Waals surface area contributed by atoms with E-state index in [-0.39, 0.29) is 11.9 Å². The lowest BCUT2D eigenvalue weighted by Gasteiger charge is -2.40. The zero-order chi connectivity index (χ0) is 16.8. The molecule has 2 fully saturated rings. The first-order valence-corrected chi connectivity index (χ1v) is 9.06. The van der Waals surface area contributed by atoms with Crippen LogP contribution < -0.4 is 0 Å². The van der Waals surface area contributed by atoms with Gasteiger partial charge in [-0.1, -0.05) is 20.8 Å². The Bertz CT molecular complexity index is 533. The van der Waals surface area contributed by atoms with Crippen LogP contribution in [0.3, 0.4) is 0 Å². The number of hydrogen-bond donors (Lipinski definition) is 0. The number of rotatable bonds is 1. The van der Waals surface area contributed by atoms with E-state index in [1.54, 1.807) is 6.92 Å². The van der Waals surface area contributed by atoms with Gasteiger partial charge in [0.1, 0.15) is 5.60 Å². The zero-order valence-electron chi connectivity index (χ0n) is 14.9. The number of piperidine rings is 1. The zero-order valence-corrected chi connectivity index (χ0v) is 14.9. The Morgan fingerprint density at radius 3 is 2.22 bits per heavy atom. The molecule has 2 aliphatic heterocycles. The van der Waals surface area contributed by atoms with Crippen molar-refractivity contribution >= 4 is 11.9 Å². The molecule has 2 unspecified atom stereocenters. The summed E-state index contributed by atoms with van der Waals surface area (Å²) in [5, 5.41) is 0. The summed E-state index contributed by atoms with van der Waals surface area (Å²) in [7, 11) is 0. The molecule has 0 N–H and O–H groups in total. The van der Waals surface area contributed by atoms with Crippen molar-refractivity contribution in [1.82, 2.24) is 4.90 Å². The van der Waals surface area contributed by atoms with Crippen molar-refractivity contribution in [2.75, 3.05) is 13.1 Å². The van der Waals surface area contributed by atoms with E-state index in [1.807, 2.05) is 4.90 Å². The lowest BCUT2D eigenvalue weighted by atomic mass is 9.74. The number of hydrogen-bond acceptors (Lipinski definition) is 3. The van der Waals surface area contributed by atoms with Crippen molar-refractivity contribution < 1.29 is 14.3 Å². The van der Waals surface area contributed by atoms with Crippen LogP contribution >= 0.6 is 0 Å². The van der Waals surface area contributed by atoms with Crippen molar-refractivity contribution in [3.05, 3.63) is 11.1 Å². The Kier molecular flexibility index (Phi) is 4.28. The van der Waals surface area contributed by atoms with Gasteiger partial charge in [0.2, 0.25) is 0 Å². The first kappa shape index (κ1) is 16.5. The summed E-state index contributed by atoms with van der Waals surface area (Å²) in [6.07, 6.45) is 4.78. The van der Waals surface area contributed by atoms with Gasteiger partial charge in [-0.15, -0.1) is 0 Å². The van der Waals surface area contributed by atoms with E-state index in [2.05, 4.69) is 20.8 Å². The number of amides is 1. The highest BCUT2D eigenvalue weighted by atomic mass is 16.6. The van der Waals surface area contributed by atoms with E-state index in [4.69, 9.17) is 4.74 Å². The molecule has 1 saturated heterocycles. The average Bonchev–Trinajstić information content (AvgIpc) is 2.72. The fraction of sp³-hybridized carbons (Fsp3) is 0.789. The highest BCUT2D eigenvalue weighted by Gasteiger charge is 2.51. The first-order valence-electron chi connectivity index (χ1n) is 9.06. The Morgan fingerprint density at radius 2 is 1.65 bits per heavy atom. The highest BCUT2D eigenvalue weighted by molar-refractivity contribution is 6.07. The number of nitrogens with zero attached hydrogens (tertiary/aromatic N) is 1. The fourth-order valence-corrected chi connectivity index (χ4v) is 4.67. The maximum absolute atomic E-state index is 13.2. The molecule has 1 spiro atoms. The molecule has 1 saturated carbocycles. The maximum Gasteiger partial charge on any atom is 0.335 e. The quantitative estimate of drug-likeness (QED) is 0.697. The van der Waals surface area contributed by atoms with E-state index < -0.39 is 5.60 Å². The average molecular weight is 319 g/mol. The molecule has 0 bridgehead atoms. The van der Waals surface area contributed by atoms with Gasteiger partial charge >= 0.3 is 5.97 Å². The van der Waals surface area contributed by atoms with Gasteiger partial charge in [-0.25, -0.2) is 4.79 Å². The molecule has 4 nitrogen and oxygen atoms in total. The van der Waals surface area contributed by atoms with Crippen LogP contribution in [0.15, 0.2) is 11.1 Å². The molecule has 3 aliphatic rings. The topological polar surface area (TPSA) is 46.6 Å².